The maximum absolute atomic E-state index is 5.70. The number of pyridine rings is 2. The third kappa shape index (κ3) is 3.96. The van der Waals surface area contributed by atoms with E-state index in [1.807, 2.05) is 24.5 Å². The van der Waals surface area contributed by atoms with E-state index in [1.165, 1.54) is 11.3 Å². The molecule has 2 saturated heterocycles. The topological polar surface area (TPSA) is 103 Å². The lowest BCUT2D eigenvalue weighted by Gasteiger charge is -2.22. The van der Waals surface area contributed by atoms with Crippen LogP contribution in [0.5, 0.6) is 0 Å². The molecule has 1 atom stereocenters. The maximum atomic E-state index is 5.70. The van der Waals surface area contributed by atoms with Gasteiger partial charge >= 0.3 is 0 Å². The van der Waals surface area contributed by atoms with Crippen molar-refractivity contribution in [3.63, 3.8) is 0 Å². The summed E-state index contributed by atoms with van der Waals surface area (Å²) < 4.78 is 7.79. The molecule has 0 saturated carbocycles. The van der Waals surface area contributed by atoms with Crippen molar-refractivity contribution in [2.75, 3.05) is 25.0 Å². The van der Waals surface area contributed by atoms with Gasteiger partial charge in [0.15, 0.2) is 0 Å². The first kappa shape index (κ1) is 19.7. The van der Waals surface area contributed by atoms with Gasteiger partial charge in [-0.25, -0.2) is 4.98 Å². The van der Waals surface area contributed by atoms with Crippen molar-refractivity contribution < 1.29 is 4.74 Å². The smallest absolute Gasteiger partial charge is 0.211 e. The molecule has 2 N–H and O–H groups in total. The van der Waals surface area contributed by atoms with Gasteiger partial charge in [-0.2, -0.15) is 5.10 Å². The fraction of sp³-hybridized carbons (Fsp3) is 0.409. The highest BCUT2D eigenvalue weighted by molar-refractivity contribution is 7.15. The van der Waals surface area contributed by atoms with Crippen molar-refractivity contribution in [1.82, 2.24) is 35.3 Å². The Labute approximate surface area is 189 Å². The van der Waals surface area contributed by atoms with Crippen LogP contribution in [0.1, 0.15) is 42.8 Å². The number of aromatic nitrogens is 6. The van der Waals surface area contributed by atoms with Gasteiger partial charge in [-0.1, -0.05) is 11.3 Å². The molecular formula is C22H24N8OS. The Kier molecular flexibility index (Phi) is 5.26. The molecule has 0 aromatic carbocycles. The second-order valence-corrected chi connectivity index (χ2v) is 9.23. The van der Waals surface area contributed by atoms with Crippen molar-refractivity contribution in [1.29, 1.82) is 0 Å². The molecule has 1 unspecified atom stereocenters. The summed E-state index contributed by atoms with van der Waals surface area (Å²) in [5.41, 5.74) is 3.75. The van der Waals surface area contributed by atoms with E-state index < -0.39 is 0 Å². The van der Waals surface area contributed by atoms with Gasteiger partial charge in [-0.05, 0) is 57.0 Å². The van der Waals surface area contributed by atoms with Crippen LogP contribution in [-0.4, -0.2) is 49.6 Å². The minimum absolute atomic E-state index is 0.0742. The fourth-order valence-electron chi connectivity index (χ4n) is 4.29. The predicted octanol–water partition coefficient (Wildman–Crippen LogP) is 3.86. The van der Waals surface area contributed by atoms with Gasteiger partial charge in [0, 0.05) is 30.1 Å². The second kappa shape index (κ2) is 8.53. The Morgan fingerprint density at radius 3 is 2.88 bits per heavy atom. The third-order valence-corrected chi connectivity index (χ3v) is 6.97. The molecule has 0 spiro atoms. The maximum Gasteiger partial charge on any atom is 0.211 e. The van der Waals surface area contributed by atoms with Crippen molar-refractivity contribution in [2.45, 2.75) is 37.8 Å². The van der Waals surface area contributed by atoms with Gasteiger partial charge in [0.1, 0.15) is 16.9 Å². The van der Waals surface area contributed by atoms with Gasteiger partial charge in [0.05, 0.1) is 23.3 Å². The molecule has 10 heteroatoms. The molecule has 9 nitrogen and oxygen atoms in total. The molecular weight excluding hydrogens is 424 g/mol. The summed E-state index contributed by atoms with van der Waals surface area (Å²) in [7, 11) is 0. The number of hydrogen-bond donors (Lipinski definition) is 2. The van der Waals surface area contributed by atoms with Crippen LogP contribution < -0.4 is 10.6 Å². The van der Waals surface area contributed by atoms with E-state index in [2.05, 4.69) is 47.9 Å². The summed E-state index contributed by atoms with van der Waals surface area (Å²) in [4.78, 5) is 9.36. The minimum atomic E-state index is 0.0742. The lowest BCUT2D eigenvalue weighted by atomic mass is 10.1. The number of hydrogen-bond acceptors (Lipinski definition) is 9. The molecule has 2 fully saturated rings. The van der Waals surface area contributed by atoms with E-state index in [4.69, 9.17) is 9.72 Å². The first-order valence-corrected chi connectivity index (χ1v) is 11.9. The molecule has 0 amide bonds. The number of rotatable bonds is 5. The lowest BCUT2D eigenvalue weighted by Crippen LogP contribution is -2.29. The number of ether oxygens (including phenoxy) is 1. The van der Waals surface area contributed by atoms with Crippen LogP contribution in [0.2, 0.25) is 0 Å². The summed E-state index contributed by atoms with van der Waals surface area (Å²) in [6.45, 7) is 2.88. The highest BCUT2D eigenvalue weighted by Gasteiger charge is 2.22. The Hall–Kier alpha value is -2.95. The van der Waals surface area contributed by atoms with Gasteiger partial charge in [-0.3, -0.25) is 9.67 Å². The Morgan fingerprint density at radius 1 is 1.06 bits per heavy atom. The van der Waals surface area contributed by atoms with Gasteiger partial charge < -0.3 is 15.4 Å². The molecule has 2 aliphatic heterocycles. The third-order valence-electron chi connectivity index (χ3n) is 6.04. The average Bonchev–Trinajstić information content (AvgIpc) is 3.61. The lowest BCUT2D eigenvalue weighted by molar-refractivity contribution is 0.111. The number of piperidine rings is 1. The molecule has 0 radical (unpaired) electrons. The quantitative estimate of drug-likeness (QED) is 0.474. The van der Waals surface area contributed by atoms with Crippen molar-refractivity contribution in [3.05, 3.63) is 41.8 Å². The van der Waals surface area contributed by atoms with Crippen molar-refractivity contribution >= 4 is 33.3 Å². The van der Waals surface area contributed by atoms with Crippen LogP contribution in [0.25, 0.3) is 22.2 Å². The van der Waals surface area contributed by atoms with E-state index in [-0.39, 0.29) is 6.10 Å². The van der Waals surface area contributed by atoms with Crippen LogP contribution in [0.3, 0.4) is 0 Å². The first-order valence-electron chi connectivity index (χ1n) is 11.1. The Balaban J connectivity index is 1.23. The second-order valence-electron chi connectivity index (χ2n) is 8.22. The largest absolute Gasteiger partial charge is 0.371 e. The molecule has 6 rings (SSSR count). The molecule has 32 heavy (non-hydrogen) atoms. The molecule has 0 bridgehead atoms. The zero-order valence-electron chi connectivity index (χ0n) is 17.6. The SMILES string of the molecule is c1nc2ccc(Nc3nnc(C4CCCO4)s3)nc2cc1-c1cnn(C2CCNCC2)c1. The van der Waals surface area contributed by atoms with E-state index in [0.29, 0.717) is 6.04 Å². The summed E-state index contributed by atoms with van der Waals surface area (Å²) in [6, 6.07) is 6.40. The molecule has 164 valence electrons. The first-order chi connectivity index (χ1) is 15.8. The van der Waals surface area contributed by atoms with Gasteiger partial charge in [0.25, 0.3) is 0 Å². The van der Waals surface area contributed by atoms with E-state index in [9.17, 15) is 0 Å². The Morgan fingerprint density at radius 2 is 2.00 bits per heavy atom. The van der Waals surface area contributed by atoms with E-state index in [0.717, 1.165) is 83.5 Å². The summed E-state index contributed by atoms with van der Waals surface area (Å²) in [5, 5.41) is 21.5. The van der Waals surface area contributed by atoms with Crippen molar-refractivity contribution in [2.24, 2.45) is 0 Å². The van der Waals surface area contributed by atoms with Crippen LogP contribution in [0, 0.1) is 0 Å². The van der Waals surface area contributed by atoms with Crippen LogP contribution in [0.15, 0.2) is 36.8 Å². The zero-order chi connectivity index (χ0) is 21.3. The Bertz CT molecular complexity index is 1230. The van der Waals surface area contributed by atoms with Crippen LogP contribution >= 0.6 is 11.3 Å². The van der Waals surface area contributed by atoms with Gasteiger partial charge in [0.2, 0.25) is 5.13 Å². The standard InChI is InChI=1S/C22H24N8OS/c1-2-19(31-9-1)21-28-29-22(32-21)27-20-4-3-17-18(26-20)10-14(11-24-17)15-12-25-30(13-15)16-5-7-23-8-6-16/h3-4,10-13,16,19,23H,1-2,5-9H2,(H,26,27,29). The highest BCUT2D eigenvalue weighted by Crippen LogP contribution is 2.33. The van der Waals surface area contributed by atoms with Crippen molar-refractivity contribution in [3.8, 4) is 11.1 Å². The van der Waals surface area contributed by atoms with E-state index in [1.54, 1.807) is 0 Å². The number of nitrogens with zero attached hydrogens (tertiary/aromatic N) is 6. The number of nitrogens with one attached hydrogen (secondary N) is 2. The summed E-state index contributed by atoms with van der Waals surface area (Å²) in [5.74, 6) is 0.719. The molecule has 4 aromatic heterocycles. The molecule has 6 heterocycles. The predicted molar refractivity (Wildman–Crippen MR) is 123 cm³/mol. The molecule has 2 aliphatic rings. The highest BCUT2D eigenvalue weighted by atomic mass is 32.1. The molecule has 4 aromatic rings. The van der Waals surface area contributed by atoms with Gasteiger partial charge in [-0.15, -0.1) is 10.2 Å². The average molecular weight is 449 g/mol. The van der Waals surface area contributed by atoms with E-state index >= 15 is 0 Å². The number of fused-ring (bicyclic) bond motifs is 1. The number of anilines is 2. The van der Waals surface area contributed by atoms with Crippen LogP contribution in [0.4, 0.5) is 10.9 Å². The normalized spacial score (nSPS) is 19.6. The van der Waals surface area contributed by atoms with Crippen LogP contribution in [-0.2, 0) is 4.74 Å². The zero-order valence-corrected chi connectivity index (χ0v) is 18.4. The monoisotopic (exact) mass is 448 g/mol. The fourth-order valence-corrected chi connectivity index (χ4v) is 5.12. The summed E-state index contributed by atoms with van der Waals surface area (Å²) in [6.07, 6.45) is 10.3. The minimum Gasteiger partial charge on any atom is -0.371 e. The molecule has 0 aliphatic carbocycles. The summed E-state index contributed by atoms with van der Waals surface area (Å²) >= 11 is 1.52.